The number of nitrogens with zero attached hydrogens (tertiary/aromatic N) is 2. The molecule has 6 aliphatic rings. The van der Waals surface area contributed by atoms with Gasteiger partial charge in [-0.2, -0.15) is 0 Å². The molecule has 2 aromatic rings. The van der Waals surface area contributed by atoms with Crippen molar-refractivity contribution in [1.29, 1.82) is 0 Å². The molecule has 8 heteroatoms. The molecule has 8 nitrogen and oxygen atoms in total. The summed E-state index contributed by atoms with van der Waals surface area (Å²) in [5.41, 5.74) is 1.47. The van der Waals surface area contributed by atoms with Gasteiger partial charge in [0.2, 0.25) is 0 Å². The number of allylic oxidation sites excluding steroid dienone is 1. The number of benzene rings is 1. The lowest BCUT2D eigenvalue weighted by molar-refractivity contribution is -0.167. The topological polar surface area (TPSA) is 127 Å². The van der Waals surface area contributed by atoms with Crippen LogP contribution in [-0.4, -0.2) is 96.3 Å². The highest BCUT2D eigenvalue weighted by molar-refractivity contribution is 5.82. The highest BCUT2D eigenvalue weighted by Gasteiger charge is 2.69. The first-order chi connectivity index (χ1) is 19.2. The Morgan fingerprint density at radius 1 is 0.975 bits per heavy atom. The Morgan fingerprint density at radius 2 is 1.77 bits per heavy atom. The zero-order chi connectivity index (χ0) is 27.6. The van der Waals surface area contributed by atoms with E-state index in [1.165, 1.54) is 0 Å². The quantitative estimate of drug-likeness (QED) is 0.386. The van der Waals surface area contributed by atoms with Gasteiger partial charge in [0.05, 0.1) is 35.6 Å². The summed E-state index contributed by atoms with van der Waals surface area (Å²) in [6.07, 6.45) is 7.15. The minimum absolute atomic E-state index is 0.0427. The Labute approximate surface area is 233 Å². The van der Waals surface area contributed by atoms with Gasteiger partial charge in [0.1, 0.15) is 6.10 Å². The Morgan fingerprint density at radius 3 is 2.58 bits per heavy atom. The van der Waals surface area contributed by atoms with Gasteiger partial charge < -0.3 is 30.3 Å². The molecule has 2 spiro atoms. The highest BCUT2D eigenvalue weighted by Crippen LogP contribution is 2.69. The second kappa shape index (κ2) is 8.44. The van der Waals surface area contributed by atoms with Crippen LogP contribution in [0.1, 0.15) is 50.5 Å². The van der Waals surface area contributed by atoms with E-state index in [2.05, 4.69) is 42.3 Å². The predicted octanol–water partition coefficient (Wildman–Crippen LogP) is 1.80. The van der Waals surface area contributed by atoms with E-state index < -0.39 is 47.8 Å². The van der Waals surface area contributed by atoms with Gasteiger partial charge >= 0.3 is 0 Å². The number of aliphatic hydroxyl groups excluding tert-OH is 5. The van der Waals surface area contributed by atoms with E-state index in [0.717, 1.165) is 46.7 Å². The van der Waals surface area contributed by atoms with Crippen molar-refractivity contribution in [3.63, 3.8) is 0 Å². The molecule has 1 aromatic carbocycles. The van der Waals surface area contributed by atoms with Crippen molar-refractivity contribution >= 4 is 10.8 Å². The number of hydrogen-bond donors (Lipinski definition) is 5. The lowest BCUT2D eigenvalue weighted by Crippen LogP contribution is -2.62. The minimum Gasteiger partial charge on any atom is -0.392 e. The molecular formula is C32H38N2O6. The third kappa shape index (κ3) is 3.24. The van der Waals surface area contributed by atoms with Crippen LogP contribution in [-0.2, 0) is 4.74 Å². The van der Waals surface area contributed by atoms with Crippen LogP contribution in [0.25, 0.3) is 10.8 Å². The molecule has 0 amide bonds. The van der Waals surface area contributed by atoms with E-state index in [9.17, 15) is 25.5 Å². The standard InChI is InChI=1S/C32H38N2O6/c1-30-6-4-20-11-21-28(38)29(39)22(34-15-24(36)25(37)16-34)13-31(21)7-8-32(20,40-31)26(30)12-23(35)27(30)18-3-2-17-5-9-33-14-19(17)10-18/h2-5,9-11,14,22-29,35-39H,6-8,12-13,15-16H2,1H3/t22-,23+,24-,25-,26+,27?,28-,29+,30-,31+,32?/m0/s1. The molecule has 2 saturated heterocycles. The third-order valence-electron chi connectivity index (χ3n) is 11.7. The predicted molar refractivity (Wildman–Crippen MR) is 147 cm³/mol. The van der Waals surface area contributed by atoms with Crippen LogP contribution in [0, 0.1) is 11.3 Å². The van der Waals surface area contributed by atoms with Gasteiger partial charge in [-0.25, -0.2) is 0 Å². The lowest BCUT2D eigenvalue weighted by Gasteiger charge is -2.56. The fourth-order valence-electron chi connectivity index (χ4n) is 9.75. The van der Waals surface area contributed by atoms with Crippen LogP contribution in [0.4, 0.5) is 0 Å². The first-order valence-corrected chi connectivity index (χ1v) is 14.8. The zero-order valence-electron chi connectivity index (χ0n) is 22.7. The summed E-state index contributed by atoms with van der Waals surface area (Å²) in [5.74, 6) is 0.0542. The number of fused-ring (bicyclic) bond motifs is 2. The van der Waals surface area contributed by atoms with Gasteiger partial charge in [-0.05, 0) is 71.7 Å². The van der Waals surface area contributed by atoms with E-state index in [4.69, 9.17) is 4.74 Å². The average Bonchev–Trinajstić information content (AvgIpc) is 3.54. The monoisotopic (exact) mass is 546 g/mol. The number of likely N-dealkylation sites (tertiary alicyclic amines) is 1. The maximum Gasteiger partial charge on any atom is 0.105 e. The second-order valence-electron chi connectivity index (χ2n) is 13.6. The second-order valence-corrected chi connectivity index (χ2v) is 13.6. The average molecular weight is 547 g/mol. The number of pyridine rings is 1. The van der Waals surface area contributed by atoms with E-state index in [0.29, 0.717) is 12.8 Å². The SMILES string of the molecule is C[C@]12CC=C3C=C4[C@H](O)[C@H](O)[C@@H](N5C[C@H](O)[C@@H](O)C5)C[C@]45CCC3(O5)[C@@H]1C[C@@H](O)C2c1ccc2ccncc2c1. The Bertz CT molecular complexity index is 1430. The Kier molecular flexibility index (Phi) is 5.39. The van der Waals surface area contributed by atoms with Crippen molar-refractivity contribution < 1.29 is 30.3 Å². The molecule has 2 saturated carbocycles. The highest BCUT2D eigenvalue weighted by atomic mass is 16.5. The summed E-state index contributed by atoms with van der Waals surface area (Å²) in [5, 5.41) is 56.8. The molecule has 2 bridgehead atoms. The van der Waals surface area contributed by atoms with Crippen LogP contribution in [0.3, 0.4) is 0 Å². The molecular weight excluding hydrogens is 508 g/mol. The Hall–Kier alpha value is -2.17. The summed E-state index contributed by atoms with van der Waals surface area (Å²) in [6.45, 7) is 2.82. The molecule has 5 N–H and O–H groups in total. The van der Waals surface area contributed by atoms with Crippen molar-refractivity contribution in [1.82, 2.24) is 9.88 Å². The molecule has 3 aliphatic heterocycles. The van der Waals surface area contributed by atoms with Gasteiger partial charge in [0, 0.05) is 48.7 Å². The van der Waals surface area contributed by atoms with Gasteiger partial charge in [-0.15, -0.1) is 0 Å². The van der Waals surface area contributed by atoms with E-state index in [-0.39, 0.29) is 30.3 Å². The maximum absolute atomic E-state index is 11.6. The van der Waals surface area contributed by atoms with E-state index >= 15 is 0 Å². The number of aliphatic hydroxyl groups is 5. The summed E-state index contributed by atoms with van der Waals surface area (Å²) in [6, 6.07) is 8.03. The smallest absolute Gasteiger partial charge is 0.105 e. The van der Waals surface area contributed by atoms with Crippen molar-refractivity contribution in [3.05, 3.63) is 65.5 Å². The summed E-state index contributed by atoms with van der Waals surface area (Å²) in [4.78, 5) is 6.21. The van der Waals surface area contributed by atoms with Gasteiger partial charge in [-0.1, -0.05) is 31.2 Å². The van der Waals surface area contributed by atoms with Crippen molar-refractivity contribution in [2.45, 2.75) is 92.7 Å². The van der Waals surface area contributed by atoms with E-state index in [1.54, 1.807) is 6.20 Å². The molecule has 11 atom stereocenters. The van der Waals surface area contributed by atoms with Crippen LogP contribution < -0.4 is 0 Å². The van der Waals surface area contributed by atoms with Gasteiger partial charge in [0.25, 0.3) is 0 Å². The zero-order valence-corrected chi connectivity index (χ0v) is 22.7. The number of rotatable bonds is 2. The summed E-state index contributed by atoms with van der Waals surface area (Å²) in [7, 11) is 0. The number of hydrogen-bond acceptors (Lipinski definition) is 8. The molecule has 3 aliphatic carbocycles. The first kappa shape index (κ1) is 25.5. The normalized spacial score (nSPS) is 48.0. The van der Waals surface area contributed by atoms with Gasteiger partial charge in [0.15, 0.2) is 0 Å². The largest absolute Gasteiger partial charge is 0.392 e. The van der Waals surface area contributed by atoms with Crippen LogP contribution in [0.2, 0.25) is 0 Å². The third-order valence-corrected chi connectivity index (χ3v) is 11.7. The molecule has 4 heterocycles. The molecule has 8 rings (SSSR count). The molecule has 0 radical (unpaired) electrons. The lowest BCUT2D eigenvalue weighted by atomic mass is 9.58. The van der Waals surface area contributed by atoms with Crippen LogP contribution in [0.15, 0.2) is 60.0 Å². The van der Waals surface area contributed by atoms with Crippen LogP contribution >= 0.6 is 0 Å². The van der Waals surface area contributed by atoms with Crippen molar-refractivity contribution in [2.24, 2.45) is 11.3 Å². The maximum atomic E-state index is 11.6. The minimum atomic E-state index is -1.08. The number of ether oxygens (including phenoxy) is 1. The fourth-order valence-corrected chi connectivity index (χ4v) is 9.75. The summed E-state index contributed by atoms with van der Waals surface area (Å²) >= 11 is 0. The van der Waals surface area contributed by atoms with Crippen LogP contribution in [0.5, 0.6) is 0 Å². The molecule has 2 unspecified atom stereocenters. The Balaban J connectivity index is 1.17. The van der Waals surface area contributed by atoms with E-state index in [1.807, 2.05) is 17.2 Å². The molecule has 4 fully saturated rings. The number of aromatic nitrogens is 1. The fraction of sp³-hybridized carbons (Fsp3) is 0.594. The van der Waals surface area contributed by atoms with Crippen molar-refractivity contribution in [3.8, 4) is 0 Å². The molecule has 212 valence electrons. The molecule has 1 aromatic heterocycles. The van der Waals surface area contributed by atoms with Gasteiger partial charge in [-0.3, -0.25) is 9.88 Å². The van der Waals surface area contributed by atoms with Crippen molar-refractivity contribution in [2.75, 3.05) is 13.1 Å². The molecule has 40 heavy (non-hydrogen) atoms. The number of β-amino-alcohol motifs (C(OH)–C–C–N with tert-alkyl or cyclic N) is 2. The summed E-state index contributed by atoms with van der Waals surface area (Å²) < 4.78 is 7.24. The first-order valence-electron chi connectivity index (χ1n) is 14.8.